The molecule has 27 heavy (non-hydrogen) atoms. The number of carbonyl (C=O) groups is 2. The van der Waals surface area contributed by atoms with Crippen LogP contribution in [-0.4, -0.2) is 71.5 Å². The Bertz CT molecular complexity index is 769. The molecule has 10 heteroatoms. The number of amides is 2. The van der Waals surface area contributed by atoms with Gasteiger partial charge in [-0.3, -0.25) is 9.59 Å². The van der Waals surface area contributed by atoms with Crippen LogP contribution in [0.15, 0.2) is 18.3 Å². The summed E-state index contributed by atoms with van der Waals surface area (Å²) in [6.45, 7) is 1.36. The molecule has 3 rings (SSSR count). The number of likely N-dealkylation sites (tertiary alicyclic amines) is 1. The zero-order chi connectivity index (χ0) is 19.6. The Morgan fingerprint density at radius 2 is 1.89 bits per heavy atom. The zero-order valence-electron chi connectivity index (χ0n) is 14.4. The van der Waals surface area contributed by atoms with Crippen LogP contribution in [-0.2, 0) is 9.59 Å². The highest BCUT2D eigenvalue weighted by Crippen LogP contribution is 2.27. The average Bonchev–Trinajstić information content (AvgIpc) is 3.15. The average molecular weight is 381 g/mol. The van der Waals surface area contributed by atoms with Crippen LogP contribution in [0.2, 0.25) is 0 Å². The third kappa shape index (κ3) is 3.82. The van der Waals surface area contributed by atoms with Crippen molar-refractivity contribution in [3.63, 3.8) is 0 Å². The number of hydrogen-bond acceptors (Lipinski definition) is 5. The Balaban J connectivity index is 1.65. The predicted molar refractivity (Wildman–Crippen MR) is 88.5 cm³/mol. The fourth-order valence-electron chi connectivity index (χ4n) is 3.51. The molecule has 0 N–H and O–H groups in total. The molecule has 2 amide bonds. The van der Waals surface area contributed by atoms with Gasteiger partial charge in [0.2, 0.25) is 5.91 Å². The quantitative estimate of drug-likeness (QED) is 0.768. The number of anilines is 1. The summed E-state index contributed by atoms with van der Waals surface area (Å²) in [6, 6.07) is 4.32. The van der Waals surface area contributed by atoms with Crippen molar-refractivity contribution in [3.8, 4) is 6.07 Å². The van der Waals surface area contributed by atoms with Gasteiger partial charge in [-0.25, -0.2) is 4.98 Å². The van der Waals surface area contributed by atoms with Crippen molar-refractivity contribution in [2.75, 3.05) is 37.6 Å². The molecule has 3 heterocycles. The number of hydrogen-bond donors (Lipinski definition) is 0. The minimum atomic E-state index is -4.98. The molecule has 144 valence electrons. The first-order valence-corrected chi connectivity index (χ1v) is 8.59. The lowest BCUT2D eigenvalue weighted by Crippen LogP contribution is -2.56. The Morgan fingerprint density at radius 1 is 1.19 bits per heavy atom. The van der Waals surface area contributed by atoms with E-state index in [1.54, 1.807) is 18.3 Å². The summed E-state index contributed by atoms with van der Waals surface area (Å²) in [7, 11) is 0. The molecule has 0 saturated carbocycles. The van der Waals surface area contributed by atoms with Crippen molar-refractivity contribution in [2.24, 2.45) is 0 Å². The molecule has 1 aromatic rings. The number of piperazine rings is 1. The molecule has 1 unspecified atom stereocenters. The summed E-state index contributed by atoms with van der Waals surface area (Å²) in [4.78, 5) is 32.4. The number of pyridine rings is 1. The summed E-state index contributed by atoms with van der Waals surface area (Å²) < 4.78 is 38.2. The number of nitrogens with zero attached hydrogens (tertiary/aromatic N) is 5. The van der Waals surface area contributed by atoms with Crippen LogP contribution >= 0.6 is 0 Å². The maximum absolute atomic E-state index is 12.7. The summed E-state index contributed by atoms with van der Waals surface area (Å²) in [5, 5.41) is 9.17. The highest BCUT2D eigenvalue weighted by Gasteiger charge is 2.48. The summed E-state index contributed by atoms with van der Waals surface area (Å²) in [6.07, 6.45) is -2.79. The zero-order valence-corrected chi connectivity index (χ0v) is 14.4. The van der Waals surface area contributed by atoms with Crippen molar-refractivity contribution in [3.05, 3.63) is 23.9 Å². The third-order valence-electron chi connectivity index (χ3n) is 4.84. The van der Waals surface area contributed by atoms with Gasteiger partial charge >= 0.3 is 12.1 Å². The van der Waals surface area contributed by atoms with Gasteiger partial charge in [0.1, 0.15) is 17.9 Å². The van der Waals surface area contributed by atoms with Crippen molar-refractivity contribution in [1.82, 2.24) is 14.8 Å². The van der Waals surface area contributed by atoms with Crippen molar-refractivity contribution in [1.29, 1.82) is 5.26 Å². The molecule has 2 saturated heterocycles. The summed E-state index contributed by atoms with van der Waals surface area (Å²) in [5.41, 5.74) is 0.426. The minimum absolute atomic E-state index is 0.0613. The SMILES string of the molecule is N#Cc1cccnc1N1CCN(C(=O)C2CCCN2C(=O)C(F)(F)F)CC1. The van der Waals surface area contributed by atoms with E-state index >= 15 is 0 Å². The Labute approximate surface area is 154 Å². The molecule has 7 nitrogen and oxygen atoms in total. The van der Waals surface area contributed by atoms with E-state index in [0.29, 0.717) is 48.9 Å². The standard InChI is InChI=1S/C17H18F3N5O2/c18-17(19,20)16(27)25-6-2-4-13(25)15(26)24-9-7-23(8-10-24)14-12(11-21)3-1-5-22-14/h1,3,5,13H,2,4,6-10H2. The van der Waals surface area contributed by atoms with Crippen LogP contribution in [0.1, 0.15) is 18.4 Å². The monoisotopic (exact) mass is 381 g/mol. The van der Waals surface area contributed by atoms with Gasteiger partial charge in [0.25, 0.3) is 0 Å². The molecular weight excluding hydrogens is 363 g/mol. The summed E-state index contributed by atoms with van der Waals surface area (Å²) in [5.74, 6) is -1.88. The lowest BCUT2D eigenvalue weighted by atomic mass is 10.1. The van der Waals surface area contributed by atoms with E-state index in [0.717, 1.165) is 0 Å². The molecule has 1 aromatic heterocycles. The largest absolute Gasteiger partial charge is 0.471 e. The first-order valence-electron chi connectivity index (χ1n) is 8.59. The maximum atomic E-state index is 12.7. The number of rotatable bonds is 2. The molecule has 0 aliphatic carbocycles. The second kappa shape index (κ2) is 7.42. The highest BCUT2D eigenvalue weighted by molar-refractivity contribution is 5.90. The molecule has 2 aliphatic rings. The van der Waals surface area contributed by atoms with Gasteiger partial charge in [0.15, 0.2) is 0 Å². The Kier molecular flexibility index (Phi) is 5.21. The van der Waals surface area contributed by atoms with E-state index in [1.807, 2.05) is 4.90 Å². The number of carbonyl (C=O) groups excluding carboxylic acids is 2. The van der Waals surface area contributed by atoms with Crippen molar-refractivity contribution >= 4 is 17.6 Å². The molecule has 0 spiro atoms. The maximum Gasteiger partial charge on any atom is 0.471 e. The van der Waals surface area contributed by atoms with Gasteiger partial charge in [0.05, 0.1) is 5.56 Å². The molecule has 0 aromatic carbocycles. The molecule has 1 atom stereocenters. The van der Waals surface area contributed by atoms with Crippen molar-refractivity contribution < 1.29 is 22.8 Å². The van der Waals surface area contributed by atoms with Crippen LogP contribution in [0.25, 0.3) is 0 Å². The molecule has 0 radical (unpaired) electrons. The van der Waals surface area contributed by atoms with Crippen LogP contribution in [0.4, 0.5) is 19.0 Å². The number of alkyl halides is 3. The molecular formula is C17H18F3N5O2. The van der Waals surface area contributed by atoms with Crippen molar-refractivity contribution in [2.45, 2.75) is 25.1 Å². The van der Waals surface area contributed by atoms with E-state index in [2.05, 4.69) is 11.1 Å². The van der Waals surface area contributed by atoms with Gasteiger partial charge in [-0.15, -0.1) is 0 Å². The number of halogens is 3. The Morgan fingerprint density at radius 3 is 2.52 bits per heavy atom. The van der Waals surface area contributed by atoms with E-state index in [1.165, 1.54) is 4.90 Å². The first kappa shape index (κ1) is 18.9. The Hall–Kier alpha value is -2.83. The first-order chi connectivity index (χ1) is 12.8. The van der Waals surface area contributed by atoms with E-state index in [9.17, 15) is 22.8 Å². The summed E-state index contributed by atoms with van der Waals surface area (Å²) >= 11 is 0. The van der Waals surface area contributed by atoms with Crippen LogP contribution in [0, 0.1) is 11.3 Å². The van der Waals surface area contributed by atoms with Gasteiger partial charge < -0.3 is 14.7 Å². The fraction of sp³-hybridized carbons (Fsp3) is 0.529. The van der Waals surface area contributed by atoms with Gasteiger partial charge in [-0.2, -0.15) is 18.4 Å². The highest BCUT2D eigenvalue weighted by atomic mass is 19.4. The van der Waals surface area contributed by atoms with Crippen LogP contribution in [0.3, 0.4) is 0 Å². The fourth-order valence-corrected chi connectivity index (χ4v) is 3.51. The molecule has 2 aliphatic heterocycles. The van der Waals surface area contributed by atoms with Crippen LogP contribution in [0.5, 0.6) is 0 Å². The van der Waals surface area contributed by atoms with E-state index in [-0.39, 0.29) is 13.0 Å². The smallest absolute Gasteiger partial charge is 0.352 e. The van der Waals surface area contributed by atoms with Gasteiger partial charge in [-0.1, -0.05) is 0 Å². The third-order valence-corrected chi connectivity index (χ3v) is 4.84. The number of aromatic nitrogens is 1. The van der Waals surface area contributed by atoms with Gasteiger partial charge in [0, 0.05) is 38.9 Å². The van der Waals surface area contributed by atoms with E-state index in [4.69, 9.17) is 5.26 Å². The second-order valence-corrected chi connectivity index (χ2v) is 6.45. The lowest BCUT2D eigenvalue weighted by Gasteiger charge is -2.38. The van der Waals surface area contributed by atoms with Gasteiger partial charge in [-0.05, 0) is 25.0 Å². The molecule has 2 fully saturated rings. The minimum Gasteiger partial charge on any atom is -0.352 e. The predicted octanol–water partition coefficient (Wildman–Crippen LogP) is 1.16. The normalized spacial score (nSPS) is 20.5. The topological polar surface area (TPSA) is 80.5 Å². The lowest BCUT2D eigenvalue weighted by molar-refractivity contribution is -0.187. The van der Waals surface area contributed by atoms with E-state index < -0.39 is 24.0 Å². The molecule has 0 bridgehead atoms. The second-order valence-electron chi connectivity index (χ2n) is 6.45. The van der Waals surface area contributed by atoms with Crippen LogP contribution < -0.4 is 4.90 Å². The number of nitriles is 1.